The SMILES string of the molecule is CNC(=O)NCc1cccc(N)c1C. The maximum absolute atomic E-state index is 10.9. The van der Waals surface area contributed by atoms with Gasteiger partial charge in [-0.25, -0.2) is 4.79 Å². The molecule has 0 aromatic heterocycles. The predicted octanol–water partition coefficient (Wildman–Crippen LogP) is 1.01. The molecular weight excluding hydrogens is 178 g/mol. The van der Waals surface area contributed by atoms with E-state index in [1.807, 2.05) is 25.1 Å². The molecule has 0 radical (unpaired) electrons. The highest BCUT2D eigenvalue weighted by Crippen LogP contribution is 2.14. The van der Waals surface area contributed by atoms with E-state index in [1.165, 1.54) is 0 Å². The molecule has 0 spiro atoms. The number of nitrogens with one attached hydrogen (secondary N) is 2. The summed E-state index contributed by atoms with van der Waals surface area (Å²) in [6, 6.07) is 5.48. The normalized spacial score (nSPS) is 9.57. The first-order chi connectivity index (χ1) is 6.65. The van der Waals surface area contributed by atoms with Crippen LogP contribution in [0.4, 0.5) is 10.5 Å². The van der Waals surface area contributed by atoms with E-state index >= 15 is 0 Å². The van der Waals surface area contributed by atoms with Crippen LogP contribution >= 0.6 is 0 Å². The van der Waals surface area contributed by atoms with Crippen LogP contribution in [0.3, 0.4) is 0 Å². The second kappa shape index (κ2) is 4.50. The maximum atomic E-state index is 10.9. The van der Waals surface area contributed by atoms with Crippen LogP contribution in [0.25, 0.3) is 0 Å². The fourth-order valence-electron chi connectivity index (χ4n) is 1.16. The molecule has 2 amide bonds. The summed E-state index contributed by atoms with van der Waals surface area (Å²) < 4.78 is 0. The molecular formula is C10H15N3O. The Labute approximate surface area is 83.5 Å². The average molecular weight is 193 g/mol. The average Bonchev–Trinajstić information content (AvgIpc) is 2.20. The minimum absolute atomic E-state index is 0.188. The van der Waals surface area contributed by atoms with Crippen LogP contribution in [0, 0.1) is 6.92 Å². The first-order valence-corrected chi connectivity index (χ1v) is 4.44. The van der Waals surface area contributed by atoms with E-state index in [9.17, 15) is 4.79 Å². The summed E-state index contributed by atoms with van der Waals surface area (Å²) in [5.74, 6) is 0. The number of hydrogen-bond donors (Lipinski definition) is 3. The second-order valence-electron chi connectivity index (χ2n) is 3.06. The Bertz CT molecular complexity index is 336. The summed E-state index contributed by atoms with van der Waals surface area (Å²) in [5.41, 5.74) is 8.54. The molecule has 0 heterocycles. The smallest absolute Gasteiger partial charge is 0.314 e. The molecule has 0 bridgehead atoms. The zero-order chi connectivity index (χ0) is 10.6. The molecule has 0 atom stereocenters. The minimum atomic E-state index is -0.188. The molecule has 4 nitrogen and oxygen atoms in total. The summed E-state index contributed by atoms with van der Waals surface area (Å²) in [6.07, 6.45) is 0. The highest BCUT2D eigenvalue weighted by atomic mass is 16.2. The zero-order valence-electron chi connectivity index (χ0n) is 8.42. The fraction of sp³-hybridized carbons (Fsp3) is 0.300. The van der Waals surface area contributed by atoms with Gasteiger partial charge in [-0.1, -0.05) is 12.1 Å². The van der Waals surface area contributed by atoms with Crippen LogP contribution in [0.15, 0.2) is 18.2 Å². The number of anilines is 1. The number of nitrogens with two attached hydrogens (primary N) is 1. The quantitative estimate of drug-likeness (QED) is 0.613. The fourth-order valence-corrected chi connectivity index (χ4v) is 1.16. The third-order valence-corrected chi connectivity index (χ3v) is 2.15. The minimum Gasteiger partial charge on any atom is -0.399 e. The van der Waals surface area contributed by atoms with Gasteiger partial charge in [-0.05, 0) is 24.1 Å². The molecule has 0 fully saturated rings. The van der Waals surface area contributed by atoms with Crippen molar-refractivity contribution in [3.8, 4) is 0 Å². The van der Waals surface area contributed by atoms with Gasteiger partial charge in [-0.3, -0.25) is 0 Å². The van der Waals surface area contributed by atoms with Crippen molar-refractivity contribution in [3.63, 3.8) is 0 Å². The van der Waals surface area contributed by atoms with Gasteiger partial charge in [0.2, 0.25) is 0 Å². The van der Waals surface area contributed by atoms with Crippen molar-refractivity contribution in [2.75, 3.05) is 12.8 Å². The van der Waals surface area contributed by atoms with Gasteiger partial charge in [0.15, 0.2) is 0 Å². The number of amides is 2. The summed E-state index contributed by atoms with van der Waals surface area (Å²) >= 11 is 0. The van der Waals surface area contributed by atoms with Gasteiger partial charge in [0, 0.05) is 19.3 Å². The number of nitrogen functional groups attached to an aromatic ring is 1. The van der Waals surface area contributed by atoms with Gasteiger partial charge in [-0.15, -0.1) is 0 Å². The van der Waals surface area contributed by atoms with E-state index in [4.69, 9.17) is 5.73 Å². The summed E-state index contributed by atoms with van der Waals surface area (Å²) in [4.78, 5) is 10.9. The van der Waals surface area contributed by atoms with Crippen LogP contribution in [0.2, 0.25) is 0 Å². The lowest BCUT2D eigenvalue weighted by molar-refractivity contribution is 0.242. The van der Waals surface area contributed by atoms with Crippen LogP contribution in [0.1, 0.15) is 11.1 Å². The van der Waals surface area contributed by atoms with Gasteiger partial charge in [0.1, 0.15) is 0 Å². The van der Waals surface area contributed by atoms with Crippen molar-refractivity contribution < 1.29 is 4.79 Å². The molecule has 1 aromatic rings. The topological polar surface area (TPSA) is 67.2 Å². The Morgan fingerprint density at radius 1 is 1.50 bits per heavy atom. The van der Waals surface area contributed by atoms with E-state index in [0.29, 0.717) is 6.54 Å². The summed E-state index contributed by atoms with van der Waals surface area (Å²) in [6.45, 7) is 2.44. The van der Waals surface area contributed by atoms with Crippen LogP contribution < -0.4 is 16.4 Å². The van der Waals surface area contributed by atoms with E-state index in [2.05, 4.69) is 10.6 Å². The van der Waals surface area contributed by atoms with E-state index in [1.54, 1.807) is 7.05 Å². The van der Waals surface area contributed by atoms with Crippen molar-refractivity contribution in [2.45, 2.75) is 13.5 Å². The first kappa shape index (κ1) is 10.4. The lowest BCUT2D eigenvalue weighted by atomic mass is 10.1. The number of carbonyl (C=O) groups is 1. The lowest BCUT2D eigenvalue weighted by Gasteiger charge is -2.09. The number of hydrogen-bond acceptors (Lipinski definition) is 2. The van der Waals surface area contributed by atoms with Crippen molar-refractivity contribution in [1.82, 2.24) is 10.6 Å². The molecule has 0 aliphatic rings. The van der Waals surface area contributed by atoms with Gasteiger partial charge in [0.05, 0.1) is 0 Å². The van der Waals surface area contributed by atoms with Crippen LogP contribution in [-0.2, 0) is 6.54 Å². The standard InChI is InChI=1S/C10H15N3O/c1-7-8(4-3-5-9(7)11)6-13-10(14)12-2/h3-5H,6,11H2,1-2H3,(H2,12,13,14). The zero-order valence-corrected chi connectivity index (χ0v) is 8.42. The Morgan fingerprint density at radius 3 is 2.86 bits per heavy atom. The molecule has 4 heteroatoms. The largest absolute Gasteiger partial charge is 0.399 e. The van der Waals surface area contributed by atoms with Crippen molar-refractivity contribution in [2.24, 2.45) is 0 Å². The third kappa shape index (κ3) is 2.39. The second-order valence-corrected chi connectivity index (χ2v) is 3.06. The lowest BCUT2D eigenvalue weighted by Crippen LogP contribution is -2.32. The van der Waals surface area contributed by atoms with E-state index in [-0.39, 0.29) is 6.03 Å². The molecule has 76 valence electrons. The first-order valence-electron chi connectivity index (χ1n) is 4.44. The van der Waals surface area contributed by atoms with Gasteiger partial charge in [0.25, 0.3) is 0 Å². The predicted molar refractivity (Wildman–Crippen MR) is 56.9 cm³/mol. The molecule has 1 aromatic carbocycles. The van der Waals surface area contributed by atoms with Gasteiger partial charge >= 0.3 is 6.03 Å². The van der Waals surface area contributed by atoms with Gasteiger partial charge in [-0.2, -0.15) is 0 Å². The monoisotopic (exact) mass is 193 g/mol. The highest BCUT2D eigenvalue weighted by Gasteiger charge is 2.02. The number of benzene rings is 1. The third-order valence-electron chi connectivity index (χ3n) is 2.15. The molecule has 4 N–H and O–H groups in total. The van der Waals surface area contributed by atoms with E-state index in [0.717, 1.165) is 16.8 Å². The van der Waals surface area contributed by atoms with Gasteiger partial charge < -0.3 is 16.4 Å². The molecule has 1 rings (SSSR count). The molecule has 14 heavy (non-hydrogen) atoms. The Balaban J connectivity index is 2.68. The van der Waals surface area contributed by atoms with Crippen molar-refractivity contribution >= 4 is 11.7 Å². The Kier molecular flexibility index (Phi) is 3.34. The summed E-state index contributed by atoms with van der Waals surface area (Å²) in [5, 5.41) is 5.20. The van der Waals surface area contributed by atoms with Crippen molar-refractivity contribution in [3.05, 3.63) is 29.3 Å². The Morgan fingerprint density at radius 2 is 2.21 bits per heavy atom. The molecule has 0 aliphatic carbocycles. The molecule has 0 unspecified atom stereocenters. The number of carbonyl (C=O) groups excluding carboxylic acids is 1. The number of urea groups is 1. The molecule has 0 saturated carbocycles. The van der Waals surface area contributed by atoms with Crippen LogP contribution in [-0.4, -0.2) is 13.1 Å². The maximum Gasteiger partial charge on any atom is 0.314 e. The van der Waals surface area contributed by atoms with E-state index < -0.39 is 0 Å². The van der Waals surface area contributed by atoms with Crippen molar-refractivity contribution in [1.29, 1.82) is 0 Å². The molecule has 0 saturated heterocycles. The van der Waals surface area contributed by atoms with Crippen LogP contribution in [0.5, 0.6) is 0 Å². The number of rotatable bonds is 2. The Hall–Kier alpha value is -1.71. The highest BCUT2D eigenvalue weighted by molar-refractivity contribution is 5.73. The molecule has 0 aliphatic heterocycles. The summed E-state index contributed by atoms with van der Waals surface area (Å²) in [7, 11) is 1.58.